The third-order valence-electron chi connectivity index (χ3n) is 4.44. The van der Waals surface area contributed by atoms with Crippen LogP contribution < -0.4 is 16.1 Å². The summed E-state index contributed by atoms with van der Waals surface area (Å²) in [5.74, 6) is -0.0716. The standard InChI is InChI=1S/C18H16N4O4/c1-9-7-11-15(21-22(2)16(11)20-17(9)24)19-18(25)14-8-12(23)10-5-3-4-6-13(10)26-14/h3-6,8-9H,7H2,1-2H3,(H,20,24)(H,19,21,25)/t9-/m0/s1. The molecule has 1 aliphatic heterocycles. The van der Waals surface area contributed by atoms with E-state index in [0.717, 1.165) is 11.6 Å². The lowest BCUT2D eigenvalue weighted by Gasteiger charge is -2.19. The van der Waals surface area contributed by atoms with Crippen molar-refractivity contribution < 1.29 is 14.0 Å². The minimum absolute atomic E-state index is 0.0843. The van der Waals surface area contributed by atoms with Crippen molar-refractivity contribution in [1.29, 1.82) is 0 Å². The fourth-order valence-corrected chi connectivity index (χ4v) is 3.04. The predicted octanol–water partition coefficient (Wildman–Crippen LogP) is 1.91. The molecule has 0 bridgehead atoms. The fourth-order valence-electron chi connectivity index (χ4n) is 3.04. The van der Waals surface area contributed by atoms with Crippen LogP contribution in [0.4, 0.5) is 11.6 Å². The number of carbonyl (C=O) groups excluding carboxylic acids is 2. The molecule has 0 fully saturated rings. The summed E-state index contributed by atoms with van der Waals surface area (Å²) in [6.07, 6.45) is 0.465. The van der Waals surface area contributed by atoms with E-state index < -0.39 is 5.91 Å². The monoisotopic (exact) mass is 352 g/mol. The molecule has 1 aromatic carbocycles. The normalized spacial score (nSPS) is 16.2. The molecule has 2 aromatic heterocycles. The quantitative estimate of drug-likeness (QED) is 0.733. The number of benzene rings is 1. The highest BCUT2D eigenvalue weighted by atomic mass is 16.3. The maximum atomic E-state index is 12.6. The van der Waals surface area contributed by atoms with Crippen molar-refractivity contribution in [3.8, 4) is 0 Å². The zero-order valence-electron chi connectivity index (χ0n) is 14.2. The van der Waals surface area contributed by atoms with Gasteiger partial charge in [-0.3, -0.25) is 19.1 Å². The highest BCUT2D eigenvalue weighted by Gasteiger charge is 2.29. The average Bonchev–Trinajstić information content (AvgIpc) is 2.90. The van der Waals surface area contributed by atoms with Crippen LogP contribution in [0.5, 0.6) is 0 Å². The van der Waals surface area contributed by atoms with Crippen LogP contribution in [0.1, 0.15) is 23.0 Å². The molecule has 8 heteroatoms. The van der Waals surface area contributed by atoms with Gasteiger partial charge in [-0.2, -0.15) is 5.10 Å². The van der Waals surface area contributed by atoms with E-state index in [1.54, 1.807) is 38.2 Å². The van der Waals surface area contributed by atoms with E-state index in [1.807, 2.05) is 0 Å². The largest absolute Gasteiger partial charge is 0.451 e. The van der Waals surface area contributed by atoms with Gasteiger partial charge in [0.05, 0.1) is 5.39 Å². The summed E-state index contributed by atoms with van der Waals surface area (Å²) in [5.41, 5.74) is 0.797. The van der Waals surface area contributed by atoms with Crippen molar-refractivity contribution in [3.63, 3.8) is 0 Å². The van der Waals surface area contributed by atoms with Crippen LogP contribution in [-0.2, 0) is 18.3 Å². The summed E-state index contributed by atoms with van der Waals surface area (Å²) in [6, 6.07) is 7.90. The van der Waals surface area contributed by atoms with Gasteiger partial charge in [-0.25, -0.2) is 0 Å². The van der Waals surface area contributed by atoms with Crippen LogP contribution in [-0.4, -0.2) is 21.6 Å². The van der Waals surface area contributed by atoms with Gasteiger partial charge in [-0.1, -0.05) is 19.1 Å². The lowest BCUT2D eigenvalue weighted by Crippen LogP contribution is -2.28. The molecule has 132 valence electrons. The van der Waals surface area contributed by atoms with Crippen LogP contribution in [0.3, 0.4) is 0 Å². The predicted molar refractivity (Wildman–Crippen MR) is 95.1 cm³/mol. The van der Waals surface area contributed by atoms with Crippen molar-refractivity contribution in [2.45, 2.75) is 13.3 Å². The van der Waals surface area contributed by atoms with Crippen molar-refractivity contribution in [3.05, 3.63) is 51.9 Å². The number of aryl methyl sites for hydroxylation is 1. The molecule has 0 saturated heterocycles. The number of nitrogens with one attached hydrogen (secondary N) is 2. The Labute approximate surface area is 147 Å². The topological polar surface area (TPSA) is 106 Å². The van der Waals surface area contributed by atoms with Crippen LogP contribution in [0, 0.1) is 5.92 Å². The maximum absolute atomic E-state index is 12.6. The average molecular weight is 352 g/mol. The molecule has 4 rings (SSSR count). The Morgan fingerprint density at radius 3 is 2.92 bits per heavy atom. The number of carbonyl (C=O) groups is 2. The van der Waals surface area contributed by atoms with E-state index in [-0.39, 0.29) is 23.0 Å². The molecule has 0 radical (unpaired) electrons. The van der Waals surface area contributed by atoms with E-state index in [4.69, 9.17) is 4.42 Å². The van der Waals surface area contributed by atoms with Gasteiger partial charge < -0.3 is 15.1 Å². The summed E-state index contributed by atoms with van der Waals surface area (Å²) >= 11 is 0. The van der Waals surface area contributed by atoms with Crippen LogP contribution >= 0.6 is 0 Å². The molecule has 0 unspecified atom stereocenters. The highest BCUT2D eigenvalue weighted by Crippen LogP contribution is 2.31. The molecule has 3 heterocycles. The Bertz CT molecular complexity index is 1110. The lowest BCUT2D eigenvalue weighted by molar-refractivity contribution is -0.119. The summed E-state index contributed by atoms with van der Waals surface area (Å²) in [5, 5.41) is 10.1. The molecule has 0 aliphatic carbocycles. The fraction of sp³-hybridized carbons (Fsp3) is 0.222. The van der Waals surface area contributed by atoms with Crippen molar-refractivity contribution in [2.75, 3.05) is 10.6 Å². The summed E-state index contributed by atoms with van der Waals surface area (Å²) in [7, 11) is 1.68. The van der Waals surface area contributed by atoms with E-state index in [2.05, 4.69) is 15.7 Å². The number of aromatic nitrogens is 2. The van der Waals surface area contributed by atoms with E-state index in [0.29, 0.717) is 29.0 Å². The Kier molecular flexibility index (Phi) is 3.61. The van der Waals surface area contributed by atoms with Gasteiger partial charge in [-0.05, 0) is 18.6 Å². The molecule has 26 heavy (non-hydrogen) atoms. The minimum Gasteiger partial charge on any atom is -0.451 e. The van der Waals surface area contributed by atoms with Gasteiger partial charge in [0.2, 0.25) is 5.91 Å². The Balaban J connectivity index is 1.69. The minimum atomic E-state index is -0.571. The van der Waals surface area contributed by atoms with E-state index in [1.165, 1.54) is 4.68 Å². The second-order valence-corrected chi connectivity index (χ2v) is 6.32. The molecule has 1 aliphatic rings. The zero-order chi connectivity index (χ0) is 18.4. The number of amides is 2. The molecule has 3 aromatic rings. The summed E-state index contributed by atoms with van der Waals surface area (Å²) in [6.45, 7) is 1.80. The first-order valence-electron chi connectivity index (χ1n) is 8.15. The van der Waals surface area contributed by atoms with Crippen LogP contribution in [0.2, 0.25) is 0 Å². The smallest absolute Gasteiger partial charge is 0.292 e. The van der Waals surface area contributed by atoms with Crippen molar-refractivity contribution in [1.82, 2.24) is 9.78 Å². The Hall–Kier alpha value is -3.42. The number of para-hydroxylation sites is 1. The van der Waals surface area contributed by atoms with Gasteiger partial charge in [0.25, 0.3) is 5.91 Å². The molecule has 2 N–H and O–H groups in total. The molecule has 8 nitrogen and oxygen atoms in total. The molecule has 0 saturated carbocycles. The zero-order valence-corrected chi connectivity index (χ0v) is 14.2. The number of anilines is 2. The van der Waals surface area contributed by atoms with Gasteiger partial charge in [0.1, 0.15) is 11.4 Å². The van der Waals surface area contributed by atoms with Crippen molar-refractivity contribution >= 4 is 34.4 Å². The molecule has 2 amide bonds. The van der Waals surface area contributed by atoms with Gasteiger partial charge >= 0.3 is 0 Å². The van der Waals surface area contributed by atoms with Crippen molar-refractivity contribution in [2.24, 2.45) is 13.0 Å². The molecular formula is C18H16N4O4. The third-order valence-corrected chi connectivity index (χ3v) is 4.44. The first kappa shape index (κ1) is 16.1. The number of hydrogen-bond acceptors (Lipinski definition) is 5. The van der Waals surface area contributed by atoms with Gasteiger partial charge in [-0.15, -0.1) is 0 Å². The second-order valence-electron chi connectivity index (χ2n) is 6.32. The van der Waals surface area contributed by atoms with Gasteiger partial charge in [0, 0.05) is 24.6 Å². The highest BCUT2D eigenvalue weighted by molar-refractivity contribution is 6.04. The third kappa shape index (κ3) is 2.55. The number of hydrogen-bond donors (Lipinski definition) is 2. The summed E-state index contributed by atoms with van der Waals surface area (Å²) in [4.78, 5) is 36.6. The summed E-state index contributed by atoms with van der Waals surface area (Å²) < 4.78 is 7.05. The number of nitrogens with zero attached hydrogens (tertiary/aromatic N) is 2. The Morgan fingerprint density at radius 2 is 2.12 bits per heavy atom. The SMILES string of the molecule is C[C@H]1Cc2c(NC(=O)c3cc(=O)c4ccccc4o3)nn(C)c2NC1=O. The molecular weight excluding hydrogens is 336 g/mol. The van der Waals surface area contributed by atoms with Gasteiger partial charge in [0.15, 0.2) is 17.0 Å². The number of rotatable bonds is 2. The van der Waals surface area contributed by atoms with Crippen LogP contribution in [0.15, 0.2) is 39.5 Å². The first-order valence-corrected chi connectivity index (χ1v) is 8.15. The van der Waals surface area contributed by atoms with E-state index >= 15 is 0 Å². The first-order chi connectivity index (χ1) is 12.4. The maximum Gasteiger partial charge on any atom is 0.292 e. The second kappa shape index (κ2) is 5.83. The number of fused-ring (bicyclic) bond motifs is 2. The Morgan fingerprint density at radius 1 is 1.35 bits per heavy atom. The van der Waals surface area contributed by atoms with Crippen LogP contribution in [0.25, 0.3) is 11.0 Å². The molecule has 0 spiro atoms. The lowest BCUT2D eigenvalue weighted by atomic mass is 9.98. The molecule has 1 atom stereocenters. The van der Waals surface area contributed by atoms with E-state index in [9.17, 15) is 14.4 Å².